The first-order chi connectivity index (χ1) is 12.1. The van der Waals surface area contributed by atoms with E-state index in [1.54, 1.807) is 25.1 Å². The van der Waals surface area contributed by atoms with Gasteiger partial charge in [0.1, 0.15) is 11.5 Å². The number of nitrogens with one attached hydrogen (secondary N) is 1. The average molecular weight is 333 g/mol. The number of aromatic nitrogens is 1. The average Bonchev–Trinajstić information content (AvgIpc) is 2.89. The first-order valence-electron chi connectivity index (χ1n) is 8.20. The van der Waals surface area contributed by atoms with Gasteiger partial charge in [0, 0.05) is 24.0 Å². The highest BCUT2D eigenvalue weighted by atomic mass is 19.1. The fraction of sp³-hybridized carbons (Fsp3) is 0.200. The summed E-state index contributed by atoms with van der Waals surface area (Å²) >= 11 is 0. The molecule has 25 heavy (non-hydrogen) atoms. The molecule has 0 fully saturated rings. The number of halogens is 1. The van der Waals surface area contributed by atoms with Crippen LogP contribution in [0.1, 0.15) is 28.0 Å². The predicted octanol–water partition coefficient (Wildman–Crippen LogP) is 3.76. The zero-order valence-electron chi connectivity index (χ0n) is 13.8. The van der Waals surface area contributed by atoms with Crippen LogP contribution in [-0.2, 0) is 6.54 Å². The number of rotatable bonds is 1. The molecule has 0 saturated heterocycles. The van der Waals surface area contributed by atoms with Gasteiger partial charge in [-0.25, -0.2) is 4.39 Å². The Morgan fingerprint density at radius 1 is 1.24 bits per heavy atom. The van der Waals surface area contributed by atoms with E-state index in [-0.39, 0.29) is 11.7 Å². The van der Waals surface area contributed by atoms with Gasteiger partial charge in [-0.2, -0.15) is 5.26 Å². The molecule has 0 atom stereocenters. The van der Waals surface area contributed by atoms with Crippen molar-refractivity contribution in [2.75, 3.05) is 6.54 Å². The van der Waals surface area contributed by atoms with E-state index in [0.717, 1.165) is 22.9 Å². The highest BCUT2D eigenvalue weighted by Gasteiger charge is 2.21. The fourth-order valence-corrected chi connectivity index (χ4v) is 3.41. The van der Waals surface area contributed by atoms with Crippen molar-refractivity contribution < 1.29 is 9.18 Å². The number of hydrogen-bond acceptors (Lipinski definition) is 2. The molecular formula is C20H16FN3O. The summed E-state index contributed by atoms with van der Waals surface area (Å²) in [6.45, 7) is 3.05. The van der Waals surface area contributed by atoms with Crippen LogP contribution >= 0.6 is 0 Å². The van der Waals surface area contributed by atoms with Crippen LogP contribution in [-0.4, -0.2) is 17.0 Å². The van der Waals surface area contributed by atoms with Crippen LogP contribution < -0.4 is 5.32 Å². The number of hydrogen-bond donors (Lipinski definition) is 1. The molecule has 1 amide bonds. The highest BCUT2D eigenvalue weighted by Crippen LogP contribution is 2.34. The van der Waals surface area contributed by atoms with E-state index in [9.17, 15) is 14.4 Å². The van der Waals surface area contributed by atoms with E-state index in [1.807, 2.05) is 16.7 Å². The SMILES string of the molecule is Cc1ccc(-c2cc(C#N)cc3cc4n(c23)CCCNC4=O)cc1F. The first kappa shape index (κ1) is 15.4. The Kier molecular flexibility index (Phi) is 3.54. The Bertz CT molecular complexity index is 1060. The van der Waals surface area contributed by atoms with Gasteiger partial charge in [0.25, 0.3) is 5.91 Å². The molecule has 1 N–H and O–H groups in total. The second-order valence-electron chi connectivity index (χ2n) is 6.33. The maximum absolute atomic E-state index is 14.1. The number of fused-ring (bicyclic) bond motifs is 3. The van der Waals surface area contributed by atoms with Gasteiger partial charge < -0.3 is 9.88 Å². The van der Waals surface area contributed by atoms with Crippen molar-refractivity contribution in [2.45, 2.75) is 19.9 Å². The van der Waals surface area contributed by atoms with Crippen molar-refractivity contribution in [1.29, 1.82) is 5.26 Å². The molecule has 2 heterocycles. The third-order valence-electron chi connectivity index (χ3n) is 4.68. The molecule has 5 heteroatoms. The second-order valence-corrected chi connectivity index (χ2v) is 6.33. The van der Waals surface area contributed by atoms with Crippen molar-refractivity contribution in [2.24, 2.45) is 0 Å². The van der Waals surface area contributed by atoms with Crippen LogP contribution in [0.2, 0.25) is 0 Å². The van der Waals surface area contributed by atoms with Crippen molar-refractivity contribution in [3.63, 3.8) is 0 Å². The molecule has 4 nitrogen and oxygen atoms in total. The Labute approximate surface area is 144 Å². The summed E-state index contributed by atoms with van der Waals surface area (Å²) in [5.74, 6) is -0.401. The first-order valence-corrected chi connectivity index (χ1v) is 8.20. The molecule has 0 saturated carbocycles. The lowest BCUT2D eigenvalue weighted by atomic mass is 9.99. The van der Waals surface area contributed by atoms with Gasteiger partial charge in [-0.1, -0.05) is 12.1 Å². The van der Waals surface area contributed by atoms with Gasteiger partial charge in [0.2, 0.25) is 0 Å². The van der Waals surface area contributed by atoms with E-state index in [1.165, 1.54) is 6.07 Å². The maximum atomic E-state index is 14.1. The smallest absolute Gasteiger partial charge is 0.267 e. The molecule has 1 aromatic heterocycles. The molecule has 0 unspecified atom stereocenters. The Morgan fingerprint density at radius 2 is 2.08 bits per heavy atom. The normalized spacial score (nSPS) is 13.9. The minimum Gasteiger partial charge on any atom is -0.351 e. The molecule has 1 aliphatic rings. The van der Waals surface area contributed by atoms with Crippen LogP contribution in [0.15, 0.2) is 36.4 Å². The molecule has 0 bridgehead atoms. The molecule has 0 radical (unpaired) electrons. The standard InChI is InChI=1S/C20H16FN3O/c1-12-3-4-14(9-17(12)21)16-8-13(11-22)7-15-10-18-20(25)23-5-2-6-24(18)19(15)16/h3-4,7-10H,2,5-6H2,1H3,(H,23,25). The molecule has 0 aliphatic carbocycles. The zero-order valence-corrected chi connectivity index (χ0v) is 13.8. The fourth-order valence-electron chi connectivity index (χ4n) is 3.41. The van der Waals surface area contributed by atoms with Gasteiger partial charge in [0.05, 0.1) is 17.1 Å². The van der Waals surface area contributed by atoms with Crippen molar-refractivity contribution >= 4 is 16.8 Å². The highest BCUT2D eigenvalue weighted by molar-refractivity contribution is 6.03. The molecule has 4 rings (SSSR count). The van der Waals surface area contributed by atoms with Crippen LogP contribution in [0.4, 0.5) is 4.39 Å². The predicted molar refractivity (Wildman–Crippen MR) is 93.7 cm³/mol. The summed E-state index contributed by atoms with van der Waals surface area (Å²) in [7, 11) is 0. The molecule has 3 aromatic rings. The van der Waals surface area contributed by atoms with Crippen LogP contribution in [0.3, 0.4) is 0 Å². The quantitative estimate of drug-likeness (QED) is 0.737. The summed E-state index contributed by atoms with van der Waals surface area (Å²) in [5.41, 5.74) is 3.99. The van der Waals surface area contributed by atoms with Crippen LogP contribution in [0, 0.1) is 24.1 Å². The summed E-state index contributed by atoms with van der Waals surface area (Å²) in [6, 6.07) is 12.6. The van der Waals surface area contributed by atoms with E-state index >= 15 is 0 Å². The zero-order chi connectivity index (χ0) is 17.6. The lowest BCUT2D eigenvalue weighted by molar-refractivity contribution is 0.0951. The van der Waals surface area contributed by atoms with E-state index in [0.29, 0.717) is 35.5 Å². The number of carbonyl (C=O) groups excluding carboxylic acids is 1. The second kappa shape index (κ2) is 5.75. The minimum atomic E-state index is -0.284. The number of nitrogens with zero attached hydrogens (tertiary/aromatic N) is 2. The van der Waals surface area contributed by atoms with Crippen molar-refractivity contribution in [1.82, 2.24) is 9.88 Å². The van der Waals surface area contributed by atoms with E-state index in [4.69, 9.17) is 0 Å². The Balaban J connectivity index is 2.07. The van der Waals surface area contributed by atoms with Gasteiger partial charge in [-0.05, 0) is 48.7 Å². The van der Waals surface area contributed by atoms with Gasteiger partial charge >= 0.3 is 0 Å². The largest absolute Gasteiger partial charge is 0.351 e. The van der Waals surface area contributed by atoms with Crippen molar-refractivity contribution in [3.8, 4) is 17.2 Å². The molecule has 1 aliphatic heterocycles. The monoisotopic (exact) mass is 333 g/mol. The van der Waals surface area contributed by atoms with Crippen molar-refractivity contribution in [3.05, 3.63) is 59.0 Å². The van der Waals surface area contributed by atoms with Gasteiger partial charge in [0.15, 0.2) is 0 Å². The lowest BCUT2D eigenvalue weighted by Gasteiger charge is -2.11. The van der Waals surface area contributed by atoms with E-state index in [2.05, 4.69) is 11.4 Å². The molecular weight excluding hydrogens is 317 g/mol. The molecule has 124 valence electrons. The third-order valence-corrected chi connectivity index (χ3v) is 4.68. The summed E-state index contributed by atoms with van der Waals surface area (Å²) in [4.78, 5) is 12.3. The lowest BCUT2D eigenvalue weighted by Crippen LogP contribution is -2.22. The summed E-state index contributed by atoms with van der Waals surface area (Å²) in [5, 5.41) is 13.1. The summed E-state index contributed by atoms with van der Waals surface area (Å²) in [6.07, 6.45) is 0.824. The Morgan fingerprint density at radius 3 is 2.84 bits per heavy atom. The molecule has 0 spiro atoms. The number of aryl methyl sites for hydroxylation is 2. The minimum absolute atomic E-state index is 0.117. The third kappa shape index (κ3) is 2.47. The molecule has 2 aromatic carbocycles. The number of carbonyl (C=O) groups is 1. The maximum Gasteiger partial charge on any atom is 0.267 e. The van der Waals surface area contributed by atoms with Gasteiger partial charge in [-0.3, -0.25) is 4.79 Å². The van der Waals surface area contributed by atoms with E-state index < -0.39 is 0 Å². The number of amides is 1. The summed E-state index contributed by atoms with van der Waals surface area (Å²) < 4.78 is 16.1. The van der Waals surface area contributed by atoms with Crippen LogP contribution in [0.5, 0.6) is 0 Å². The van der Waals surface area contributed by atoms with Gasteiger partial charge in [-0.15, -0.1) is 0 Å². The number of benzene rings is 2. The Hall–Kier alpha value is -3.13. The topological polar surface area (TPSA) is 57.8 Å². The number of nitriles is 1. The van der Waals surface area contributed by atoms with Crippen LogP contribution in [0.25, 0.3) is 22.0 Å².